The molecule has 0 aliphatic heterocycles. The second-order valence-corrected chi connectivity index (χ2v) is 5.51. The van der Waals surface area contributed by atoms with Crippen LogP contribution in [0.15, 0.2) is 54.6 Å². The van der Waals surface area contributed by atoms with E-state index in [0.717, 1.165) is 24.8 Å². The summed E-state index contributed by atoms with van der Waals surface area (Å²) in [6.07, 6.45) is 2.55. The third kappa shape index (κ3) is 4.65. The predicted octanol–water partition coefficient (Wildman–Crippen LogP) is 4.38. The Kier molecular flexibility index (Phi) is 6.56. The third-order valence-corrected chi connectivity index (χ3v) is 3.94. The van der Waals surface area contributed by atoms with Crippen LogP contribution in [-0.2, 0) is 0 Å². The van der Waals surface area contributed by atoms with E-state index in [-0.39, 0.29) is 24.5 Å². The van der Waals surface area contributed by atoms with Crippen LogP contribution in [0.2, 0.25) is 0 Å². The van der Waals surface area contributed by atoms with Crippen molar-refractivity contribution in [1.29, 1.82) is 0 Å². The normalized spacial score (nSPS) is 13.8. The predicted molar refractivity (Wildman–Crippen MR) is 88.1 cm³/mol. The van der Waals surface area contributed by atoms with Gasteiger partial charge in [0.05, 0.1) is 0 Å². The van der Waals surface area contributed by atoms with E-state index < -0.39 is 0 Å². The van der Waals surface area contributed by atoms with Crippen LogP contribution in [0.25, 0.3) is 0 Å². The highest BCUT2D eigenvalue weighted by molar-refractivity contribution is 5.23. The number of aliphatic hydroxyl groups excluding tert-OH is 1. The fourth-order valence-corrected chi connectivity index (χ4v) is 2.71. The number of rotatable bonds is 8. The zero-order valence-corrected chi connectivity index (χ0v) is 13.0. The van der Waals surface area contributed by atoms with Crippen LogP contribution >= 0.6 is 0 Å². The molecule has 2 aromatic rings. The summed E-state index contributed by atoms with van der Waals surface area (Å²) in [5.41, 5.74) is 2.31. The van der Waals surface area contributed by atoms with Crippen molar-refractivity contribution in [3.05, 3.63) is 71.5 Å². The first kappa shape index (κ1) is 16.7. The van der Waals surface area contributed by atoms with E-state index in [1.165, 1.54) is 17.7 Å². The second kappa shape index (κ2) is 8.66. The van der Waals surface area contributed by atoms with E-state index >= 15 is 0 Å². The Morgan fingerprint density at radius 1 is 0.955 bits per heavy atom. The standard InChI is InChI=1S/C19H24FNO/c1-2-18(16-10-12-17(20)13-11-16)21-19(9-6-14-22)15-7-4-3-5-8-15/h3-5,7-8,10-13,18-19,21-22H,2,6,9,14H2,1H3. The van der Waals surface area contributed by atoms with Crippen molar-refractivity contribution < 1.29 is 9.50 Å². The Labute approximate surface area is 132 Å². The average molecular weight is 301 g/mol. The molecule has 2 rings (SSSR count). The molecule has 0 spiro atoms. The van der Waals surface area contributed by atoms with Gasteiger partial charge in [0.1, 0.15) is 5.82 Å². The van der Waals surface area contributed by atoms with Crippen molar-refractivity contribution in [2.75, 3.05) is 6.61 Å². The minimum atomic E-state index is -0.210. The van der Waals surface area contributed by atoms with E-state index in [1.54, 1.807) is 0 Å². The Morgan fingerprint density at radius 3 is 2.18 bits per heavy atom. The molecule has 0 saturated heterocycles. The highest BCUT2D eigenvalue weighted by Crippen LogP contribution is 2.25. The summed E-state index contributed by atoms with van der Waals surface area (Å²) < 4.78 is 13.1. The van der Waals surface area contributed by atoms with Gasteiger partial charge in [-0.3, -0.25) is 0 Å². The Balaban J connectivity index is 2.15. The lowest BCUT2D eigenvalue weighted by atomic mass is 9.98. The van der Waals surface area contributed by atoms with Gasteiger partial charge in [0.25, 0.3) is 0 Å². The first-order chi connectivity index (χ1) is 10.7. The minimum absolute atomic E-state index is 0.171. The van der Waals surface area contributed by atoms with Crippen LogP contribution in [0, 0.1) is 5.82 Å². The van der Waals surface area contributed by atoms with Gasteiger partial charge < -0.3 is 10.4 Å². The maximum atomic E-state index is 13.1. The van der Waals surface area contributed by atoms with Crippen molar-refractivity contribution in [2.24, 2.45) is 0 Å². The van der Waals surface area contributed by atoms with Gasteiger partial charge in [0.2, 0.25) is 0 Å². The highest BCUT2D eigenvalue weighted by atomic mass is 19.1. The van der Waals surface area contributed by atoms with Gasteiger partial charge in [0.15, 0.2) is 0 Å². The molecule has 0 fully saturated rings. The van der Waals surface area contributed by atoms with E-state index in [0.29, 0.717) is 0 Å². The molecule has 0 radical (unpaired) electrons. The molecule has 22 heavy (non-hydrogen) atoms. The summed E-state index contributed by atoms with van der Waals surface area (Å²) in [7, 11) is 0. The van der Waals surface area contributed by atoms with Gasteiger partial charge in [-0.15, -0.1) is 0 Å². The summed E-state index contributed by atoms with van der Waals surface area (Å²) in [6, 6.07) is 17.3. The summed E-state index contributed by atoms with van der Waals surface area (Å²) >= 11 is 0. The molecule has 2 unspecified atom stereocenters. The molecule has 0 aliphatic carbocycles. The summed E-state index contributed by atoms with van der Waals surface area (Å²) in [5.74, 6) is -0.210. The molecule has 118 valence electrons. The second-order valence-electron chi connectivity index (χ2n) is 5.51. The molecule has 0 amide bonds. The van der Waals surface area contributed by atoms with Crippen LogP contribution in [0.3, 0.4) is 0 Å². The van der Waals surface area contributed by atoms with Gasteiger partial charge in [-0.2, -0.15) is 0 Å². The van der Waals surface area contributed by atoms with Crippen molar-refractivity contribution >= 4 is 0 Å². The third-order valence-electron chi connectivity index (χ3n) is 3.94. The number of benzene rings is 2. The van der Waals surface area contributed by atoms with Crippen LogP contribution in [0.5, 0.6) is 0 Å². The summed E-state index contributed by atoms with van der Waals surface area (Å²) in [5, 5.41) is 12.8. The van der Waals surface area contributed by atoms with Gasteiger partial charge in [0, 0.05) is 18.7 Å². The molecule has 0 bridgehead atoms. The van der Waals surface area contributed by atoms with Gasteiger partial charge >= 0.3 is 0 Å². The molecular weight excluding hydrogens is 277 g/mol. The smallest absolute Gasteiger partial charge is 0.123 e. The van der Waals surface area contributed by atoms with Crippen molar-refractivity contribution in [1.82, 2.24) is 5.32 Å². The molecule has 2 atom stereocenters. The van der Waals surface area contributed by atoms with Gasteiger partial charge in [-0.05, 0) is 42.5 Å². The minimum Gasteiger partial charge on any atom is -0.396 e. The largest absolute Gasteiger partial charge is 0.396 e. The number of aliphatic hydroxyl groups is 1. The van der Waals surface area contributed by atoms with Crippen LogP contribution in [-0.4, -0.2) is 11.7 Å². The molecule has 0 saturated carbocycles. The number of hydrogen-bond acceptors (Lipinski definition) is 2. The monoisotopic (exact) mass is 301 g/mol. The van der Waals surface area contributed by atoms with Crippen molar-refractivity contribution in [3.63, 3.8) is 0 Å². The van der Waals surface area contributed by atoms with Crippen molar-refractivity contribution in [2.45, 2.75) is 38.3 Å². The summed E-state index contributed by atoms with van der Waals surface area (Å²) in [6.45, 7) is 2.31. The van der Waals surface area contributed by atoms with E-state index in [1.807, 2.05) is 30.3 Å². The van der Waals surface area contributed by atoms with Gasteiger partial charge in [-0.1, -0.05) is 49.4 Å². The first-order valence-corrected chi connectivity index (χ1v) is 7.92. The zero-order chi connectivity index (χ0) is 15.8. The first-order valence-electron chi connectivity index (χ1n) is 7.92. The molecular formula is C19H24FNO. The topological polar surface area (TPSA) is 32.3 Å². The lowest BCUT2D eigenvalue weighted by Gasteiger charge is -2.26. The highest BCUT2D eigenvalue weighted by Gasteiger charge is 2.17. The molecule has 2 nitrogen and oxygen atoms in total. The molecule has 0 heterocycles. The number of hydrogen-bond donors (Lipinski definition) is 2. The lowest BCUT2D eigenvalue weighted by molar-refractivity contribution is 0.271. The lowest BCUT2D eigenvalue weighted by Crippen LogP contribution is -2.26. The van der Waals surface area contributed by atoms with Crippen LogP contribution < -0.4 is 5.32 Å². The summed E-state index contributed by atoms with van der Waals surface area (Å²) in [4.78, 5) is 0. The van der Waals surface area contributed by atoms with Crippen LogP contribution in [0.4, 0.5) is 4.39 Å². The molecule has 0 aromatic heterocycles. The van der Waals surface area contributed by atoms with E-state index in [9.17, 15) is 4.39 Å². The van der Waals surface area contributed by atoms with Gasteiger partial charge in [-0.25, -0.2) is 4.39 Å². The van der Waals surface area contributed by atoms with Crippen molar-refractivity contribution in [3.8, 4) is 0 Å². The fraction of sp³-hybridized carbons (Fsp3) is 0.368. The average Bonchev–Trinajstić information content (AvgIpc) is 2.57. The number of nitrogens with one attached hydrogen (secondary N) is 1. The molecule has 0 aliphatic rings. The molecule has 3 heteroatoms. The molecule has 2 N–H and O–H groups in total. The maximum absolute atomic E-state index is 13.1. The number of halogens is 1. The van der Waals surface area contributed by atoms with Crippen LogP contribution in [0.1, 0.15) is 49.4 Å². The Hall–Kier alpha value is -1.71. The fourth-order valence-electron chi connectivity index (χ4n) is 2.71. The Bertz CT molecular complexity index is 541. The Morgan fingerprint density at radius 2 is 1.59 bits per heavy atom. The zero-order valence-electron chi connectivity index (χ0n) is 13.0. The molecule has 2 aromatic carbocycles. The SMILES string of the molecule is CCC(NC(CCCO)c1ccccc1)c1ccc(F)cc1. The maximum Gasteiger partial charge on any atom is 0.123 e. The van der Waals surface area contributed by atoms with E-state index in [2.05, 4.69) is 24.4 Å². The quantitative estimate of drug-likeness (QED) is 0.758. The van der Waals surface area contributed by atoms with E-state index in [4.69, 9.17) is 5.11 Å².